The van der Waals surface area contributed by atoms with E-state index in [4.69, 9.17) is 5.11 Å². The Kier molecular flexibility index (Phi) is 2.89. The Labute approximate surface area is 106 Å². The quantitative estimate of drug-likeness (QED) is 0.830. The summed E-state index contributed by atoms with van der Waals surface area (Å²) in [6, 6.07) is 0. The molecule has 2 aliphatic rings. The zero-order valence-electron chi connectivity index (χ0n) is 10.2. The van der Waals surface area contributed by atoms with Crippen LogP contribution in [0.5, 0.6) is 0 Å². The van der Waals surface area contributed by atoms with Crippen LogP contribution in [0.3, 0.4) is 0 Å². The maximum absolute atomic E-state index is 10.9. The highest BCUT2D eigenvalue weighted by Gasteiger charge is 2.30. The van der Waals surface area contributed by atoms with Crippen molar-refractivity contribution in [1.29, 1.82) is 0 Å². The van der Waals surface area contributed by atoms with E-state index < -0.39 is 5.97 Å². The molecule has 3 rings (SSSR count). The van der Waals surface area contributed by atoms with E-state index in [-0.39, 0.29) is 5.69 Å². The molecule has 96 valence electrons. The molecule has 0 radical (unpaired) electrons. The lowest BCUT2D eigenvalue weighted by atomic mass is 10.3. The van der Waals surface area contributed by atoms with Gasteiger partial charge < -0.3 is 10.0 Å². The summed E-state index contributed by atoms with van der Waals surface area (Å²) < 4.78 is 0. The summed E-state index contributed by atoms with van der Waals surface area (Å²) in [5.41, 5.74) is 0.0316. The first-order valence-corrected chi connectivity index (χ1v) is 6.52. The molecule has 1 heterocycles. The van der Waals surface area contributed by atoms with Crippen LogP contribution in [-0.2, 0) is 0 Å². The number of hydrogen-bond donors (Lipinski definition) is 1. The lowest BCUT2D eigenvalue weighted by Gasteiger charge is -2.23. The Morgan fingerprint density at radius 2 is 1.83 bits per heavy atom. The number of aromatic carboxylic acids is 1. The Morgan fingerprint density at radius 3 is 2.33 bits per heavy atom. The zero-order chi connectivity index (χ0) is 12.5. The molecule has 0 aromatic carbocycles. The van der Waals surface area contributed by atoms with Gasteiger partial charge in [0, 0.05) is 13.1 Å². The number of carboxylic acids is 1. The molecule has 0 amide bonds. The molecule has 0 saturated heterocycles. The van der Waals surface area contributed by atoms with Gasteiger partial charge in [0.25, 0.3) is 0 Å². The number of hydrogen-bond acceptors (Lipinski definition) is 4. The fourth-order valence-corrected chi connectivity index (χ4v) is 2.10. The van der Waals surface area contributed by atoms with Crippen molar-refractivity contribution >= 4 is 11.8 Å². The molecule has 0 unspecified atom stereocenters. The van der Waals surface area contributed by atoms with E-state index in [1.165, 1.54) is 31.9 Å². The van der Waals surface area contributed by atoms with Crippen LogP contribution in [0.2, 0.25) is 0 Å². The number of anilines is 1. The lowest BCUT2D eigenvalue weighted by molar-refractivity contribution is 0.0690. The maximum Gasteiger partial charge on any atom is 0.356 e. The van der Waals surface area contributed by atoms with E-state index in [0.717, 1.165) is 24.9 Å². The normalized spacial score (nSPS) is 18.7. The number of carbonyl (C=O) groups is 1. The minimum absolute atomic E-state index is 0.0316. The number of aromatic nitrogens is 2. The van der Waals surface area contributed by atoms with Crippen LogP contribution < -0.4 is 4.90 Å². The highest BCUT2D eigenvalue weighted by atomic mass is 16.4. The van der Waals surface area contributed by atoms with Crippen LogP contribution in [-0.4, -0.2) is 34.1 Å². The van der Waals surface area contributed by atoms with Gasteiger partial charge in [0.1, 0.15) is 5.82 Å². The Morgan fingerprint density at radius 1 is 1.22 bits per heavy atom. The summed E-state index contributed by atoms with van der Waals surface area (Å²) in [7, 11) is 0. The van der Waals surface area contributed by atoms with Gasteiger partial charge >= 0.3 is 5.97 Å². The van der Waals surface area contributed by atoms with Crippen molar-refractivity contribution in [3.63, 3.8) is 0 Å². The summed E-state index contributed by atoms with van der Waals surface area (Å²) in [6.07, 6.45) is 8.12. The Balaban J connectivity index is 1.77. The predicted molar refractivity (Wildman–Crippen MR) is 66.7 cm³/mol. The standard InChI is InChI=1S/C13H17N3O2/c17-13(18)11-5-14-6-12(15-11)16(7-9-1-2-9)8-10-3-4-10/h5-6,9-10H,1-4,7-8H2,(H,17,18). The second-order valence-corrected chi connectivity index (χ2v) is 5.36. The second kappa shape index (κ2) is 4.55. The van der Waals surface area contributed by atoms with Crippen molar-refractivity contribution in [3.8, 4) is 0 Å². The SMILES string of the molecule is O=C(O)c1cncc(N(CC2CC2)CC2CC2)n1. The maximum atomic E-state index is 10.9. The van der Waals surface area contributed by atoms with Gasteiger partial charge in [-0.15, -0.1) is 0 Å². The Bertz CT molecular complexity index is 441. The van der Waals surface area contributed by atoms with E-state index in [2.05, 4.69) is 14.9 Å². The smallest absolute Gasteiger partial charge is 0.356 e. The molecule has 0 spiro atoms. The van der Waals surface area contributed by atoms with Crippen LogP contribution >= 0.6 is 0 Å². The topological polar surface area (TPSA) is 66.3 Å². The Hall–Kier alpha value is -1.65. The third-order valence-corrected chi connectivity index (χ3v) is 3.52. The minimum Gasteiger partial charge on any atom is -0.476 e. The fourth-order valence-electron chi connectivity index (χ4n) is 2.10. The molecule has 2 saturated carbocycles. The van der Waals surface area contributed by atoms with Crippen LogP contribution in [0.15, 0.2) is 12.4 Å². The molecule has 1 aromatic heterocycles. The summed E-state index contributed by atoms with van der Waals surface area (Å²) in [5, 5.41) is 8.96. The summed E-state index contributed by atoms with van der Waals surface area (Å²) in [4.78, 5) is 21.3. The molecule has 0 aliphatic heterocycles. The van der Waals surface area contributed by atoms with Crippen LogP contribution in [0, 0.1) is 11.8 Å². The zero-order valence-corrected chi connectivity index (χ0v) is 10.2. The van der Waals surface area contributed by atoms with Crippen molar-refractivity contribution < 1.29 is 9.90 Å². The molecule has 0 bridgehead atoms. The molecular formula is C13H17N3O2. The van der Waals surface area contributed by atoms with Gasteiger partial charge in [-0.1, -0.05) is 0 Å². The highest BCUT2D eigenvalue weighted by molar-refractivity contribution is 5.85. The summed E-state index contributed by atoms with van der Waals surface area (Å²) in [5.74, 6) is 1.23. The first-order valence-electron chi connectivity index (χ1n) is 6.52. The molecule has 5 nitrogen and oxygen atoms in total. The highest BCUT2D eigenvalue weighted by Crippen LogP contribution is 2.35. The average Bonchev–Trinajstić information content (AvgIpc) is 3.23. The molecule has 1 aromatic rings. The third-order valence-electron chi connectivity index (χ3n) is 3.52. The van der Waals surface area contributed by atoms with E-state index in [9.17, 15) is 4.79 Å². The third kappa shape index (κ3) is 2.78. The number of rotatable bonds is 6. The number of carboxylic acid groups (broad SMARTS) is 1. The summed E-state index contributed by atoms with van der Waals surface area (Å²) in [6.45, 7) is 1.99. The van der Waals surface area contributed by atoms with Gasteiger partial charge in [0.15, 0.2) is 5.69 Å². The molecule has 18 heavy (non-hydrogen) atoms. The average molecular weight is 247 g/mol. The fraction of sp³-hybridized carbons (Fsp3) is 0.615. The van der Waals surface area contributed by atoms with E-state index >= 15 is 0 Å². The van der Waals surface area contributed by atoms with Crippen molar-refractivity contribution in [2.75, 3.05) is 18.0 Å². The van der Waals surface area contributed by atoms with Crippen molar-refractivity contribution in [1.82, 2.24) is 9.97 Å². The van der Waals surface area contributed by atoms with Gasteiger partial charge in [0.05, 0.1) is 12.4 Å². The van der Waals surface area contributed by atoms with Gasteiger partial charge in [-0.25, -0.2) is 9.78 Å². The van der Waals surface area contributed by atoms with Crippen molar-refractivity contribution in [2.24, 2.45) is 11.8 Å². The monoisotopic (exact) mass is 247 g/mol. The van der Waals surface area contributed by atoms with Gasteiger partial charge in [-0.3, -0.25) is 4.98 Å². The molecule has 5 heteroatoms. The van der Waals surface area contributed by atoms with E-state index in [1.807, 2.05) is 0 Å². The van der Waals surface area contributed by atoms with Gasteiger partial charge in [-0.05, 0) is 37.5 Å². The molecule has 0 atom stereocenters. The van der Waals surface area contributed by atoms with E-state index in [1.54, 1.807) is 6.20 Å². The van der Waals surface area contributed by atoms with Gasteiger partial charge in [-0.2, -0.15) is 0 Å². The molecule has 2 aliphatic carbocycles. The van der Waals surface area contributed by atoms with Crippen LogP contribution in [0.1, 0.15) is 36.2 Å². The molecule has 1 N–H and O–H groups in total. The second-order valence-electron chi connectivity index (χ2n) is 5.36. The van der Waals surface area contributed by atoms with Crippen LogP contribution in [0.25, 0.3) is 0 Å². The van der Waals surface area contributed by atoms with Crippen molar-refractivity contribution in [2.45, 2.75) is 25.7 Å². The van der Waals surface area contributed by atoms with E-state index in [0.29, 0.717) is 5.82 Å². The lowest BCUT2D eigenvalue weighted by Crippen LogP contribution is -2.29. The summed E-state index contributed by atoms with van der Waals surface area (Å²) >= 11 is 0. The minimum atomic E-state index is -1.01. The van der Waals surface area contributed by atoms with Crippen molar-refractivity contribution in [3.05, 3.63) is 18.1 Å². The van der Waals surface area contributed by atoms with Gasteiger partial charge in [0.2, 0.25) is 0 Å². The predicted octanol–water partition coefficient (Wildman–Crippen LogP) is 1.80. The van der Waals surface area contributed by atoms with Crippen LogP contribution in [0.4, 0.5) is 5.82 Å². The first-order chi connectivity index (χ1) is 8.72. The molecule has 2 fully saturated rings. The first kappa shape index (κ1) is 11.4. The molecular weight excluding hydrogens is 230 g/mol. The largest absolute Gasteiger partial charge is 0.476 e. The number of nitrogens with zero attached hydrogens (tertiary/aromatic N) is 3.